The molecule has 0 N–H and O–H groups in total. The van der Waals surface area contributed by atoms with Gasteiger partial charge < -0.3 is 0 Å². The van der Waals surface area contributed by atoms with Crippen LogP contribution in [0.5, 0.6) is 0 Å². The van der Waals surface area contributed by atoms with E-state index in [0.29, 0.717) is 16.8 Å². The predicted octanol–water partition coefficient (Wildman–Crippen LogP) is 3.38. The van der Waals surface area contributed by atoms with Crippen LogP contribution in [0.3, 0.4) is 0 Å². The van der Waals surface area contributed by atoms with Crippen molar-refractivity contribution >= 4 is 34.7 Å². The van der Waals surface area contributed by atoms with E-state index in [9.17, 15) is 4.79 Å². The molecule has 0 bridgehead atoms. The number of rotatable bonds is 3. The number of nitrogens with zero attached hydrogens (tertiary/aromatic N) is 3. The van der Waals surface area contributed by atoms with E-state index < -0.39 is 0 Å². The predicted molar refractivity (Wildman–Crippen MR) is 81.1 cm³/mol. The SMILES string of the molecule is C/C=N/N1C(=O)CS/C1=N\c1ccccc1C(C)C. The first-order chi connectivity index (χ1) is 9.13. The molecule has 0 unspecified atom stereocenters. The number of hydrogen-bond donors (Lipinski definition) is 0. The van der Waals surface area contributed by atoms with Crippen molar-refractivity contribution in [1.29, 1.82) is 0 Å². The number of amidine groups is 1. The molecule has 1 aliphatic rings. The first-order valence-electron chi connectivity index (χ1n) is 6.25. The van der Waals surface area contributed by atoms with Crippen molar-refractivity contribution in [2.24, 2.45) is 10.1 Å². The van der Waals surface area contributed by atoms with E-state index >= 15 is 0 Å². The summed E-state index contributed by atoms with van der Waals surface area (Å²) in [7, 11) is 0. The van der Waals surface area contributed by atoms with Crippen LogP contribution in [0.2, 0.25) is 0 Å². The van der Waals surface area contributed by atoms with Crippen LogP contribution in [0.25, 0.3) is 0 Å². The molecule has 1 aliphatic heterocycles. The lowest BCUT2D eigenvalue weighted by atomic mass is 10.0. The number of amides is 1. The molecule has 0 radical (unpaired) electrons. The number of carbonyl (C=O) groups is 1. The molecule has 1 aromatic rings. The molecule has 4 nitrogen and oxygen atoms in total. The second-order valence-corrected chi connectivity index (χ2v) is 5.42. The highest BCUT2D eigenvalue weighted by atomic mass is 32.2. The van der Waals surface area contributed by atoms with E-state index in [4.69, 9.17) is 0 Å². The van der Waals surface area contributed by atoms with Crippen LogP contribution < -0.4 is 0 Å². The van der Waals surface area contributed by atoms with E-state index in [0.717, 1.165) is 5.69 Å². The summed E-state index contributed by atoms with van der Waals surface area (Å²) < 4.78 is 0. The van der Waals surface area contributed by atoms with Crippen LogP contribution in [0, 0.1) is 0 Å². The third-order valence-corrected chi connectivity index (χ3v) is 3.66. The highest BCUT2D eigenvalue weighted by Crippen LogP contribution is 2.29. The van der Waals surface area contributed by atoms with Crippen molar-refractivity contribution in [2.75, 3.05) is 5.75 Å². The Hall–Kier alpha value is -1.62. The molecule has 19 heavy (non-hydrogen) atoms. The number of benzene rings is 1. The summed E-state index contributed by atoms with van der Waals surface area (Å²) in [5, 5.41) is 6.09. The third kappa shape index (κ3) is 3.04. The normalized spacial score (nSPS) is 18.2. The summed E-state index contributed by atoms with van der Waals surface area (Å²) in [5.74, 6) is 0.773. The van der Waals surface area contributed by atoms with Crippen molar-refractivity contribution in [1.82, 2.24) is 5.01 Å². The number of carbonyl (C=O) groups excluding carboxylic acids is 1. The summed E-state index contributed by atoms with van der Waals surface area (Å²) in [5.41, 5.74) is 2.08. The van der Waals surface area contributed by atoms with Gasteiger partial charge in [-0.25, -0.2) is 4.99 Å². The van der Waals surface area contributed by atoms with Gasteiger partial charge in [-0.05, 0) is 24.5 Å². The second kappa shape index (κ2) is 6.02. The fraction of sp³-hybridized carbons (Fsp3) is 0.357. The van der Waals surface area contributed by atoms with Crippen molar-refractivity contribution in [3.8, 4) is 0 Å². The van der Waals surface area contributed by atoms with Crippen LogP contribution in [-0.2, 0) is 4.79 Å². The van der Waals surface area contributed by atoms with E-state index in [1.54, 1.807) is 13.1 Å². The number of hydrogen-bond acceptors (Lipinski definition) is 4. The van der Waals surface area contributed by atoms with Crippen molar-refractivity contribution in [3.63, 3.8) is 0 Å². The van der Waals surface area contributed by atoms with Gasteiger partial charge in [0.2, 0.25) is 0 Å². The Morgan fingerprint density at radius 3 is 2.79 bits per heavy atom. The highest BCUT2D eigenvalue weighted by Gasteiger charge is 2.28. The van der Waals surface area contributed by atoms with E-state index in [2.05, 4.69) is 30.0 Å². The van der Waals surface area contributed by atoms with Crippen LogP contribution in [0.4, 0.5) is 5.69 Å². The lowest BCUT2D eigenvalue weighted by Crippen LogP contribution is -2.23. The zero-order chi connectivity index (χ0) is 13.8. The minimum atomic E-state index is -0.0242. The molecule has 1 fully saturated rings. The molecule has 0 atom stereocenters. The quantitative estimate of drug-likeness (QED) is 0.794. The Kier molecular flexibility index (Phi) is 4.37. The van der Waals surface area contributed by atoms with Gasteiger partial charge in [0, 0.05) is 6.21 Å². The summed E-state index contributed by atoms with van der Waals surface area (Å²) >= 11 is 1.43. The van der Waals surface area contributed by atoms with Gasteiger partial charge in [0.15, 0.2) is 5.17 Å². The van der Waals surface area contributed by atoms with Gasteiger partial charge in [0.25, 0.3) is 5.91 Å². The Morgan fingerprint density at radius 1 is 1.37 bits per heavy atom. The molecule has 1 amide bonds. The van der Waals surface area contributed by atoms with Gasteiger partial charge in [-0.3, -0.25) is 4.79 Å². The van der Waals surface area contributed by atoms with Gasteiger partial charge in [0.05, 0.1) is 11.4 Å². The van der Waals surface area contributed by atoms with Gasteiger partial charge in [-0.2, -0.15) is 10.1 Å². The summed E-state index contributed by atoms with van der Waals surface area (Å²) in [6.45, 7) is 6.05. The number of thioether (sulfide) groups is 1. The fourth-order valence-corrected chi connectivity index (χ4v) is 2.65. The molecule has 0 aromatic heterocycles. The van der Waals surface area contributed by atoms with Crippen molar-refractivity contribution in [2.45, 2.75) is 26.7 Å². The monoisotopic (exact) mass is 275 g/mol. The lowest BCUT2D eigenvalue weighted by Gasteiger charge is -2.12. The number of hydrazone groups is 1. The first kappa shape index (κ1) is 13.8. The maximum Gasteiger partial charge on any atom is 0.259 e. The molecule has 1 aromatic carbocycles. The van der Waals surface area contributed by atoms with E-state index in [1.807, 2.05) is 18.2 Å². The fourth-order valence-electron chi connectivity index (χ4n) is 1.84. The molecular weight excluding hydrogens is 258 g/mol. The van der Waals surface area contributed by atoms with Crippen LogP contribution in [-0.4, -0.2) is 28.1 Å². The molecule has 0 spiro atoms. The third-order valence-electron chi connectivity index (χ3n) is 2.75. The van der Waals surface area contributed by atoms with Gasteiger partial charge in [-0.1, -0.05) is 43.8 Å². The topological polar surface area (TPSA) is 45.0 Å². The maximum absolute atomic E-state index is 11.7. The molecule has 1 saturated heterocycles. The minimum Gasteiger partial charge on any atom is -0.271 e. The standard InChI is InChI=1S/C14H17N3OS/c1-4-15-17-13(18)9-19-14(17)16-12-8-6-5-7-11(12)10(2)3/h4-8,10H,9H2,1-3H3/b15-4+,16-14-. The second-order valence-electron chi connectivity index (χ2n) is 4.48. The Balaban J connectivity index is 2.38. The molecular formula is C14H17N3OS. The number of aliphatic imine (C=N–C) groups is 1. The lowest BCUT2D eigenvalue weighted by molar-refractivity contribution is -0.124. The smallest absolute Gasteiger partial charge is 0.259 e. The number of para-hydroxylation sites is 1. The molecule has 0 saturated carbocycles. The largest absolute Gasteiger partial charge is 0.271 e. The summed E-state index contributed by atoms with van der Waals surface area (Å²) in [6, 6.07) is 8.01. The molecule has 1 heterocycles. The van der Waals surface area contributed by atoms with E-state index in [1.165, 1.54) is 22.3 Å². The van der Waals surface area contributed by atoms with Crippen LogP contribution >= 0.6 is 11.8 Å². The van der Waals surface area contributed by atoms with Crippen molar-refractivity contribution in [3.05, 3.63) is 29.8 Å². The summed E-state index contributed by atoms with van der Waals surface area (Å²) in [6.07, 6.45) is 1.60. The Morgan fingerprint density at radius 2 is 2.11 bits per heavy atom. The highest BCUT2D eigenvalue weighted by molar-refractivity contribution is 8.15. The van der Waals surface area contributed by atoms with Gasteiger partial charge in [-0.15, -0.1) is 0 Å². The van der Waals surface area contributed by atoms with Crippen LogP contribution in [0.15, 0.2) is 34.4 Å². The Bertz CT molecular complexity index is 537. The molecule has 2 rings (SSSR count). The Labute approximate surface area is 117 Å². The van der Waals surface area contributed by atoms with E-state index in [-0.39, 0.29) is 5.91 Å². The molecule has 5 heteroatoms. The maximum atomic E-state index is 11.7. The minimum absolute atomic E-state index is 0.0242. The van der Waals surface area contributed by atoms with Gasteiger partial charge in [0.1, 0.15) is 0 Å². The van der Waals surface area contributed by atoms with Crippen LogP contribution in [0.1, 0.15) is 32.3 Å². The average molecular weight is 275 g/mol. The summed E-state index contributed by atoms with van der Waals surface area (Å²) in [4.78, 5) is 16.3. The molecule has 0 aliphatic carbocycles. The van der Waals surface area contributed by atoms with Crippen molar-refractivity contribution < 1.29 is 4.79 Å². The zero-order valence-corrected chi connectivity index (χ0v) is 12.1. The average Bonchev–Trinajstić information content (AvgIpc) is 2.72. The zero-order valence-electron chi connectivity index (χ0n) is 11.3. The molecule has 100 valence electrons. The first-order valence-corrected chi connectivity index (χ1v) is 7.24. The van der Waals surface area contributed by atoms with Gasteiger partial charge >= 0.3 is 0 Å².